The Morgan fingerprint density at radius 2 is 1.79 bits per heavy atom. The lowest BCUT2D eigenvalue weighted by Crippen LogP contribution is -2.27. The van der Waals surface area contributed by atoms with E-state index in [4.69, 9.17) is 9.47 Å². The van der Waals surface area contributed by atoms with E-state index in [1.54, 1.807) is 25.2 Å². The van der Waals surface area contributed by atoms with Crippen LogP contribution in [0.3, 0.4) is 0 Å². The Hall–Kier alpha value is -1.57. The fourth-order valence-electron chi connectivity index (χ4n) is 2.22. The van der Waals surface area contributed by atoms with Crippen LogP contribution < -0.4 is 9.47 Å². The molecule has 0 saturated heterocycles. The van der Waals surface area contributed by atoms with E-state index in [0.717, 1.165) is 11.3 Å². The lowest BCUT2D eigenvalue weighted by molar-refractivity contribution is 0.340. The average molecular weight is 414 g/mol. The summed E-state index contributed by atoms with van der Waals surface area (Å²) in [5, 5.41) is 0. The monoisotopic (exact) mass is 413 g/mol. The molecule has 0 atom stereocenters. The fraction of sp³-hybridized carbons (Fsp3) is 0.294. The summed E-state index contributed by atoms with van der Waals surface area (Å²) in [5.41, 5.74) is 0.874. The quantitative estimate of drug-likeness (QED) is 0.694. The van der Waals surface area contributed by atoms with Gasteiger partial charge in [-0.15, -0.1) is 0 Å². The van der Waals surface area contributed by atoms with Crippen LogP contribution in [0.4, 0.5) is 0 Å². The molecule has 130 valence electrons. The minimum Gasteiger partial charge on any atom is -0.495 e. The van der Waals surface area contributed by atoms with Crippen molar-refractivity contribution >= 4 is 26.0 Å². The van der Waals surface area contributed by atoms with Gasteiger partial charge in [-0.05, 0) is 42.8 Å². The summed E-state index contributed by atoms with van der Waals surface area (Å²) in [5.74, 6) is 1.08. The van der Waals surface area contributed by atoms with Gasteiger partial charge in [-0.25, -0.2) is 8.42 Å². The second-order valence-corrected chi connectivity index (χ2v) is 8.06. The van der Waals surface area contributed by atoms with Gasteiger partial charge >= 0.3 is 0 Å². The molecule has 7 heteroatoms. The van der Waals surface area contributed by atoms with Crippen molar-refractivity contribution < 1.29 is 17.9 Å². The van der Waals surface area contributed by atoms with E-state index < -0.39 is 10.0 Å². The van der Waals surface area contributed by atoms with Crippen LogP contribution in [0.1, 0.15) is 12.5 Å². The Morgan fingerprint density at radius 1 is 1.12 bits per heavy atom. The van der Waals surface area contributed by atoms with Crippen LogP contribution in [0.2, 0.25) is 0 Å². The molecule has 24 heavy (non-hydrogen) atoms. The Labute approximate surface area is 151 Å². The number of hydrogen-bond donors (Lipinski definition) is 0. The molecule has 0 fully saturated rings. The molecule has 0 aliphatic carbocycles. The molecule has 0 N–H and O–H groups in total. The van der Waals surface area contributed by atoms with Gasteiger partial charge in [0.2, 0.25) is 10.0 Å². The highest BCUT2D eigenvalue weighted by atomic mass is 79.9. The Bertz CT molecular complexity index is 791. The van der Waals surface area contributed by atoms with Crippen molar-refractivity contribution in [3.05, 3.63) is 52.5 Å². The van der Waals surface area contributed by atoms with Gasteiger partial charge in [0.25, 0.3) is 0 Å². The maximum atomic E-state index is 12.8. The molecule has 2 aromatic carbocycles. The van der Waals surface area contributed by atoms with Crippen molar-refractivity contribution in [2.75, 3.05) is 20.8 Å². The van der Waals surface area contributed by atoms with Crippen LogP contribution in [0.25, 0.3) is 0 Å². The van der Waals surface area contributed by atoms with Crippen molar-refractivity contribution in [2.24, 2.45) is 0 Å². The number of sulfonamides is 1. The van der Waals surface area contributed by atoms with E-state index in [2.05, 4.69) is 15.9 Å². The van der Waals surface area contributed by atoms with Gasteiger partial charge in [0.15, 0.2) is 0 Å². The zero-order chi connectivity index (χ0) is 17.7. The second-order valence-electron chi connectivity index (χ2n) is 5.13. The molecule has 0 heterocycles. The summed E-state index contributed by atoms with van der Waals surface area (Å²) >= 11 is 3.30. The highest BCUT2D eigenvalue weighted by molar-refractivity contribution is 9.10. The Morgan fingerprint density at radius 3 is 2.38 bits per heavy atom. The third-order valence-electron chi connectivity index (χ3n) is 3.45. The lowest BCUT2D eigenvalue weighted by Gasteiger charge is -2.19. The van der Waals surface area contributed by atoms with Crippen LogP contribution >= 0.6 is 15.9 Å². The van der Waals surface area contributed by atoms with Gasteiger partial charge in [0, 0.05) is 18.1 Å². The molecule has 0 amide bonds. The van der Waals surface area contributed by atoms with Crippen molar-refractivity contribution in [2.45, 2.75) is 18.4 Å². The third kappa shape index (κ3) is 4.28. The maximum absolute atomic E-state index is 12.8. The van der Waals surface area contributed by atoms with Crippen molar-refractivity contribution in [1.82, 2.24) is 4.31 Å². The van der Waals surface area contributed by atoms with Gasteiger partial charge < -0.3 is 9.47 Å². The molecular weight excluding hydrogens is 394 g/mol. The zero-order valence-electron chi connectivity index (χ0n) is 13.8. The van der Waals surface area contributed by atoms with E-state index in [9.17, 15) is 8.42 Å². The van der Waals surface area contributed by atoms with Crippen molar-refractivity contribution in [1.29, 1.82) is 0 Å². The molecule has 0 aliphatic heterocycles. The first-order chi connectivity index (χ1) is 11.4. The first-order valence-electron chi connectivity index (χ1n) is 7.40. The van der Waals surface area contributed by atoms with E-state index in [1.807, 2.05) is 31.2 Å². The number of hydrogen-bond acceptors (Lipinski definition) is 4. The highest BCUT2D eigenvalue weighted by Gasteiger charge is 2.25. The van der Waals surface area contributed by atoms with Crippen LogP contribution in [0.15, 0.2) is 51.8 Å². The summed E-state index contributed by atoms with van der Waals surface area (Å²) < 4.78 is 38.2. The van der Waals surface area contributed by atoms with Gasteiger partial charge in [0.1, 0.15) is 16.4 Å². The molecule has 0 bridgehead atoms. The average Bonchev–Trinajstić information content (AvgIpc) is 2.56. The van der Waals surface area contributed by atoms with Crippen molar-refractivity contribution in [3.63, 3.8) is 0 Å². The zero-order valence-corrected chi connectivity index (χ0v) is 16.2. The Kier molecular flexibility index (Phi) is 6.26. The molecule has 2 aromatic rings. The predicted octanol–water partition coefficient (Wildman–Crippen LogP) is 3.68. The summed E-state index contributed by atoms with van der Waals surface area (Å²) in [7, 11) is -0.675. The van der Waals surface area contributed by atoms with E-state index in [0.29, 0.717) is 16.8 Å². The van der Waals surface area contributed by atoms with Crippen molar-refractivity contribution in [3.8, 4) is 11.5 Å². The Balaban J connectivity index is 2.24. The van der Waals surface area contributed by atoms with Gasteiger partial charge in [-0.2, -0.15) is 4.31 Å². The van der Waals surface area contributed by atoms with Crippen LogP contribution in [-0.2, 0) is 16.6 Å². The topological polar surface area (TPSA) is 55.8 Å². The predicted molar refractivity (Wildman–Crippen MR) is 97.0 cm³/mol. The third-order valence-corrected chi connectivity index (χ3v) is 5.77. The standard InChI is InChI=1S/C17H20BrNO4S/c1-4-23-15-8-5-13(6-9-15)12-19(2)24(20,21)17-11-14(18)7-10-16(17)22-3/h5-11H,4,12H2,1-3H3. The first-order valence-corrected chi connectivity index (χ1v) is 9.63. The van der Waals surface area contributed by atoms with Crippen LogP contribution in [0.5, 0.6) is 11.5 Å². The van der Waals surface area contributed by atoms with Gasteiger partial charge in [0.05, 0.1) is 13.7 Å². The first kappa shape index (κ1) is 18.8. The SMILES string of the molecule is CCOc1ccc(CN(C)S(=O)(=O)c2cc(Br)ccc2OC)cc1. The number of benzene rings is 2. The van der Waals surface area contributed by atoms with Crippen LogP contribution in [-0.4, -0.2) is 33.5 Å². The van der Waals surface area contributed by atoms with E-state index in [1.165, 1.54) is 11.4 Å². The van der Waals surface area contributed by atoms with Gasteiger partial charge in [-0.3, -0.25) is 0 Å². The summed E-state index contributed by atoms with van der Waals surface area (Å²) in [6, 6.07) is 12.3. The largest absolute Gasteiger partial charge is 0.495 e. The summed E-state index contributed by atoms with van der Waals surface area (Å²) in [4.78, 5) is 0.132. The number of nitrogens with zero attached hydrogens (tertiary/aromatic N) is 1. The van der Waals surface area contributed by atoms with E-state index >= 15 is 0 Å². The molecule has 5 nitrogen and oxygen atoms in total. The number of methoxy groups -OCH3 is 1. The molecule has 0 unspecified atom stereocenters. The summed E-state index contributed by atoms with van der Waals surface area (Å²) in [6.45, 7) is 2.76. The lowest BCUT2D eigenvalue weighted by atomic mass is 10.2. The molecule has 0 radical (unpaired) electrons. The van der Waals surface area contributed by atoms with Crippen LogP contribution in [0, 0.1) is 0 Å². The molecular formula is C17H20BrNO4S. The maximum Gasteiger partial charge on any atom is 0.246 e. The molecule has 0 saturated carbocycles. The normalized spacial score (nSPS) is 11.5. The minimum atomic E-state index is -3.68. The molecule has 0 aliphatic rings. The van der Waals surface area contributed by atoms with E-state index in [-0.39, 0.29) is 11.4 Å². The van der Waals surface area contributed by atoms with Gasteiger partial charge in [-0.1, -0.05) is 28.1 Å². The number of rotatable bonds is 7. The number of halogens is 1. The second kappa shape index (κ2) is 8.00. The summed E-state index contributed by atoms with van der Waals surface area (Å²) in [6.07, 6.45) is 0. The molecule has 0 spiro atoms. The molecule has 0 aromatic heterocycles. The fourth-order valence-corrected chi connectivity index (χ4v) is 4.07. The highest BCUT2D eigenvalue weighted by Crippen LogP contribution is 2.30. The minimum absolute atomic E-state index is 0.132. The molecule has 2 rings (SSSR count). The number of ether oxygens (including phenoxy) is 2. The smallest absolute Gasteiger partial charge is 0.246 e.